The number of amides is 2. The van der Waals surface area contributed by atoms with E-state index in [1.54, 1.807) is 35.7 Å². The predicted molar refractivity (Wildman–Crippen MR) is 110 cm³/mol. The Hall–Kier alpha value is -2.41. The number of rotatable bonds is 6. The molecule has 3 saturated carbocycles. The van der Waals surface area contributed by atoms with Crippen molar-refractivity contribution in [2.75, 3.05) is 13.2 Å². The molecule has 2 heterocycles. The average molecular weight is 399 g/mol. The van der Waals surface area contributed by atoms with Crippen molar-refractivity contribution in [2.24, 2.45) is 23.2 Å². The standard InChI is InChI=1S/C22H30N4O3/c1-13(12-27)24-20(28)17-11-26-18(5-4-6-19(26)25-17)21(29)23-10-14-7-8-15-9-16(14)22(15,2)3/h4-6,11,13-16,27H,7-10,12H2,1-3H3,(H,23,29)(H,24,28)/t13?,14-,15-,16-/m0/s1. The van der Waals surface area contributed by atoms with E-state index >= 15 is 0 Å². The summed E-state index contributed by atoms with van der Waals surface area (Å²) in [5, 5.41) is 14.9. The quantitative estimate of drug-likeness (QED) is 0.695. The number of imidazole rings is 1. The van der Waals surface area contributed by atoms with Gasteiger partial charge in [0.25, 0.3) is 11.8 Å². The van der Waals surface area contributed by atoms with Crippen molar-refractivity contribution in [3.63, 3.8) is 0 Å². The zero-order chi connectivity index (χ0) is 20.8. The lowest BCUT2D eigenvalue weighted by Crippen LogP contribution is -2.54. The zero-order valence-electron chi connectivity index (χ0n) is 17.3. The number of hydrogen-bond donors (Lipinski definition) is 3. The second-order valence-corrected chi connectivity index (χ2v) is 9.23. The first kappa shape index (κ1) is 19.9. The van der Waals surface area contributed by atoms with Gasteiger partial charge in [-0.25, -0.2) is 4.98 Å². The van der Waals surface area contributed by atoms with Gasteiger partial charge in [0.2, 0.25) is 0 Å². The molecule has 0 aliphatic heterocycles. The zero-order valence-corrected chi connectivity index (χ0v) is 17.3. The summed E-state index contributed by atoms with van der Waals surface area (Å²) in [6.45, 7) is 6.97. The van der Waals surface area contributed by atoms with E-state index in [-0.39, 0.29) is 30.2 Å². The third-order valence-corrected chi connectivity index (χ3v) is 7.13. The van der Waals surface area contributed by atoms with Gasteiger partial charge in [-0.05, 0) is 61.5 Å². The minimum absolute atomic E-state index is 0.146. The highest BCUT2D eigenvalue weighted by Gasteiger charge is 2.53. The van der Waals surface area contributed by atoms with E-state index in [4.69, 9.17) is 5.11 Å². The van der Waals surface area contributed by atoms with Crippen LogP contribution < -0.4 is 10.6 Å². The van der Waals surface area contributed by atoms with Crippen molar-refractivity contribution < 1.29 is 14.7 Å². The van der Waals surface area contributed by atoms with E-state index in [0.717, 1.165) is 5.92 Å². The third-order valence-electron chi connectivity index (χ3n) is 7.13. The van der Waals surface area contributed by atoms with Crippen LogP contribution in [0.25, 0.3) is 5.65 Å². The lowest BCUT2D eigenvalue weighted by Gasteiger charge is -2.60. The number of carbonyl (C=O) groups is 2. The molecule has 4 atom stereocenters. The topological polar surface area (TPSA) is 95.7 Å². The van der Waals surface area contributed by atoms with Gasteiger partial charge in [-0.1, -0.05) is 19.9 Å². The molecule has 1 unspecified atom stereocenters. The van der Waals surface area contributed by atoms with E-state index in [9.17, 15) is 9.59 Å². The molecule has 7 heteroatoms. The van der Waals surface area contributed by atoms with Gasteiger partial charge in [0, 0.05) is 18.8 Å². The lowest BCUT2D eigenvalue weighted by molar-refractivity contribution is -0.103. The smallest absolute Gasteiger partial charge is 0.271 e. The highest BCUT2D eigenvalue weighted by Crippen LogP contribution is 2.61. The summed E-state index contributed by atoms with van der Waals surface area (Å²) in [7, 11) is 0. The van der Waals surface area contributed by atoms with Gasteiger partial charge in [-0.2, -0.15) is 0 Å². The molecule has 3 fully saturated rings. The van der Waals surface area contributed by atoms with E-state index in [1.807, 2.05) is 0 Å². The Kier molecular flexibility index (Phi) is 5.11. The maximum absolute atomic E-state index is 12.9. The number of aliphatic hydroxyl groups excluding tert-OH is 1. The molecule has 0 saturated heterocycles. The molecule has 3 N–H and O–H groups in total. The molecule has 2 bridgehead atoms. The van der Waals surface area contributed by atoms with Crippen LogP contribution in [0.1, 0.15) is 61.0 Å². The highest BCUT2D eigenvalue weighted by molar-refractivity contribution is 5.95. The van der Waals surface area contributed by atoms with Gasteiger partial charge in [0.05, 0.1) is 6.61 Å². The molecule has 156 valence electrons. The minimum Gasteiger partial charge on any atom is -0.394 e. The number of carbonyl (C=O) groups excluding carboxylic acids is 2. The maximum atomic E-state index is 12.9. The van der Waals surface area contributed by atoms with Gasteiger partial charge in [-0.15, -0.1) is 0 Å². The molecule has 3 aliphatic rings. The molecule has 5 rings (SSSR count). The van der Waals surface area contributed by atoms with Crippen molar-refractivity contribution in [3.8, 4) is 0 Å². The van der Waals surface area contributed by atoms with Crippen molar-refractivity contribution in [3.05, 3.63) is 35.8 Å². The summed E-state index contributed by atoms with van der Waals surface area (Å²) in [6.07, 6.45) is 5.30. The Bertz CT molecular complexity index is 933. The molecule has 2 aromatic heterocycles. The first-order valence-corrected chi connectivity index (χ1v) is 10.5. The van der Waals surface area contributed by atoms with Gasteiger partial charge >= 0.3 is 0 Å². The summed E-state index contributed by atoms with van der Waals surface area (Å²) in [4.78, 5) is 29.5. The first-order valence-electron chi connectivity index (χ1n) is 10.5. The third kappa shape index (κ3) is 3.52. The van der Waals surface area contributed by atoms with Crippen molar-refractivity contribution in [1.82, 2.24) is 20.0 Å². The molecular weight excluding hydrogens is 368 g/mol. The van der Waals surface area contributed by atoms with Gasteiger partial charge in [0.1, 0.15) is 17.0 Å². The fraction of sp³-hybridized carbons (Fsp3) is 0.591. The molecule has 7 nitrogen and oxygen atoms in total. The average Bonchev–Trinajstić information content (AvgIpc) is 3.16. The Morgan fingerprint density at radius 1 is 1.31 bits per heavy atom. The summed E-state index contributed by atoms with van der Waals surface area (Å²) in [6, 6.07) is 4.92. The van der Waals surface area contributed by atoms with E-state index in [0.29, 0.717) is 35.1 Å². The van der Waals surface area contributed by atoms with E-state index < -0.39 is 0 Å². The molecule has 2 amide bonds. The molecule has 2 aromatic rings. The lowest BCUT2D eigenvalue weighted by atomic mass is 9.45. The normalized spacial score (nSPS) is 25.9. The van der Waals surface area contributed by atoms with Gasteiger partial charge < -0.3 is 15.7 Å². The Labute approximate surface area is 170 Å². The second-order valence-electron chi connectivity index (χ2n) is 9.23. The van der Waals surface area contributed by atoms with Crippen LogP contribution in [-0.2, 0) is 0 Å². The van der Waals surface area contributed by atoms with Crippen LogP contribution in [0.15, 0.2) is 24.4 Å². The molecule has 29 heavy (non-hydrogen) atoms. The number of nitrogens with one attached hydrogen (secondary N) is 2. The Morgan fingerprint density at radius 3 is 2.79 bits per heavy atom. The second kappa shape index (κ2) is 7.44. The monoisotopic (exact) mass is 398 g/mol. The minimum atomic E-state index is -0.370. The summed E-state index contributed by atoms with van der Waals surface area (Å²) >= 11 is 0. The van der Waals surface area contributed by atoms with E-state index in [2.05, 4.69) is 29.5 Å². The number of aliphatic hydroxyl groups is 1. The van der Waals surface area contributed by atoms with Crippen LogP contribution >= 0.6 is 0 Å². The number of pyridine rings is 1. The van der Waals surface area contributed by atoms with E-state index in [1.165, 1.54) is 19.3 Å². The van der Waals surface area contributed by atoms with Crippen LogP contribution in [0.3, 0.4) is 0 Å². The summed E-state index contributed by atoms with van der Waals surface area (Å²) < 4.78 is 1.65. The van der Waals surface area contributed by atoms with Gasteiger partial charge in [0.15, 0.2) is 0 Å². The van der Waals surface area contributed by atoms with Crippen molar-refractivity contribution in [2.45, 2.75) is 46.1 Å². The number of nitrogens with zero attached hydrogens (tertiary/aromatic N) is 2. The van der Waals surface area contributed by atoms with Crippen LogP contribution in [0.4, 0.5) is 0 Å². The molecule has 0 spiro atoms. The summed E-state index contributed by atoms with van der Waals surface area (Å²) in [5.41, 5.74) is 1.62. The molecule has 0 aromatic carbocycles. The Morgan fingerprint density at radius 2 is 2.10 bits per heavy atom. The first-order chi connectivity index (χ1) is 13.8. The molecular formula is C22H30N4O3. The largest absolute Gasteiger partial charge is 0.394 e. The van der Waals surface area contributed by atoms with Crippen LogP contribution in [-0.4, -0.2) is 45.5 Å². The fourth-order valence-electron chi connectivity index (χ4n) is 5.17. The number of aromatic nitrogens is 2. The van der Waals surface area contributed by atoms with Crippen molar-refractivity contribution >= 4 is 17.5 Å². The van der Waals surface area contributed by atoms with Gasteiger partial charge in [-0.3, -0.25) is 14.0 Å². The number of hydrogen-bond acceptors (Lipinski definition) is 4. The molecule has 3 aliphatic carbocycles. The van der Waals surface area contributed by atoms with Crippen LogP contribution in [0, 0.1) is 23.2 Å². The number of fused-ring (bicyclic) bond motifs is 3. The fourth-order valence-corrected chi connectivity index (χ4v) is 5.17. The molecule has 0 radical (unpaired) electrons. The van der Waals surface area contributed by atoms with Crippen molar-refractivity contribution in [1.29, 1.82) is 0 Å². The Balaban J connectivity index is 1.47. The maximum Gasteiger partial charge on any atom is 0.271 e. The van der Waals surface area contributed by atoms with Crippen LogP contribution in [0.2, 0.25) is 0 Å². The van der Waals surface area contributed by atoms with Crippen LogP contribution in [0.5, 0.6) is 0 Å². The highest BCUT2D eigenvalue weighted by atomic mass is 16.3. The predicted octanol–water partition coefficient (Wildman–Crippen LogP) is 2.25. The SMILES string of the molecule is CC(CO)NC(=O)c1cn2c(C(=O)NC[C@@H]3CC[C@H]4C[C@@H]3C4(C)C)cccc2n1. The summed E-state index contributed by atoms with van der Waals surface area (Å²) in [5.74, 6) is 1.54.